The summed E-state index contributed by atoms with van der Waals surface area (Å²) in [6, 6.07) is 16.5. The van der Waals surface area contributed by atoms with E-state index in [2.05, 4.69) is 0 Å². The Labute approximate surface area is 165 Å². The van der Waals surface area contributed by atoms with Crippen LogP contribution in [0.3, 0.4) is 0 Å². The highest BCUT2D eigenvalue weighted by atomic mass is 32.1. The molecule has 3 aromatic rings. The van der Waals surface area contributed by atoms with Crippen LogP contribution in [-0.4, -0.2) is 21.4 Å². The van der Waals surface area contributed by atoms with Gasteiger partial charge in [-0.05, 0) is 54.1 Å². The van der Waals surface area contributed by atoms with Gasteiger partial charge in [0.15, 0.2) is 6.04 Å². The quantitative estimate of drug-likeness (QED) is 0.558. The molecule has 3 nitrogen and oxygen atoms in total. The molecule has 0 aliphatic carbocycles. The van der Waals surface area contributed by atoms with Crippen LogP contribution < -0.4 is 4.90 Å². The lowest BCUT2D eigenvalue weighted by Crippen LogP contribution is -2.42. The molecule has 3 aromatic carbocycles. The van der Waals surface area contributed by atoms with Crippen LogP contribution in [0.25, 0.3) is 0 Å². The third-order valence-electron chi connectivity index (χ3n) is 4.14. The van der Waals surface area contributed by atoms with Crippen molar-refractivity contribution in [2.75, 3.05) is 4.90 Å². The summed E-state index contributed by atoms with van der Waals surface area (Å²) in [7, 11) is 0. The second-order valence-electron chi connectivity index (χ2n) is 6.09. The molecule has 28 heavy (non-hydrogen) atoms. The van der Waals surface area contributed by atoms with Crippen LogP contribution in [0.15, 0.2) is 78.9 Å². The van der Waals surface area contributed by atoms with Gasteiger partial charge < -0.3 is 15.1 Å². The lowest BCUT2D eigenvalue weighted by Gasteiger charge is -2.35. The number of anilines is 1. The first kappa shape index (κ1) is 19.7. The zero-order valence-corrected chi connectivity index (χ0v) is 15.3. The van der Waals surface area contributed by atoms with Crippen molar-refractivity contribution in [1.82, 2.24) is 0 Å². The lowest BCUT2D eigenvalue weighted by molar-refractivity contribution is -0.148. The highest BCUT2D eigenvalue weighted by molar-refractivity contribution is 7.81. The zero-order chi connectivity index (χ0) is 20.3. The number of rotatable bonds is 4. The van der Waals surface area contributed by atoms with Crippen LogP contribution in [0.4, 0.5) is 18.9 Å². The smallest absolute Gasteiger partial charge is 0.413 e. The van der Waals surface area contributed by atoms with Crippen molar-refractivity contribution in [1.29, 1.82) is 0 Å². The Morgan fingerprint density at radius 2 is 1.29 bits per heavy atom. The summed E-state index contributed by atoms with van der Waals surface area (Å²) < 4.78 is 42.5. The third kappa shape index (κ3) is 4.26. The van der Waals surface area contributed by atoms with Crippen LogP contribution in [0.2, 0.25) is 0 Å². The van der Waals surface area contributed by atoms with Crippen molar-refractivity contribution in [3.8, 4) is 11.5 Å². The number of halogens is 3. The van der Waals surface area contributed by atoms with E-state index in [1.54, 1.807) is 6.07 Å². The molecular formula is C21H16F3NO2S. The van der Waals surface area contributed by atoms with Crippen molar-refractivity contribution >= 4 is 22.9 Å². The van der Waals surface area contributed by atoms with Gasteiger partial charge in [-0.25, -0.2) is 0 Å². The predicted molar refractivity (Wildman–Crippen MR) is 106 cm³/mol. The van der Waals surface area contributed by atoms with Gasteiger partial charge in [0.2, 0.25) is 0 Å². The van der Waals surface area contributed by atoms with E-state index in [9.17, 15) is 23.4 Å². The van der Waals surface area contributed by atoms with Crippen molar-refractivity contribution < 1.29 is 23.4 Å². The molecule has 0 amide bonds. The summed E-state index contributed by atoms with van der Waals surface area (Å²) in [5.41, 5.74) is 0.567. The SMILES string of the molecule is Oc1ccc(C(=S)N(c2ccc(O)cc2)C(c2ccccc2)C(F)(F)F)cc1. The van der Waals surface area contributed by atoms with Crippen LogP contribution in [-0.2, 0) is 0 Å². The summed E-state index contributed by atoms with van der Waals surface area (Å²) in [4.78, 5) is 0.952. The van der Waals surface area contributed by atoms with Gasteiger partial charge in [-0.1, -0.05) is 42.5 Å². The fourth-order valence-corrected chi connectivity index (χ4v) is 3.21. The maximum atomic E-state index is 14.2. The summed E-state index contributed by atoms with van der Waals surface area (Å²) >= 11 is 5.43. The fourth-order valence-electron chi connectivity index (χ4n) is 2.86. The van der Waals surface area contributed by atoms with Gasteiger partial charge in [0.25, 0.3) is 0 Å². The molecule has 3 rings (SSSR count). The molecule has 0 saturated carbocycles. The average molecular weight is 403 g/mol. The molecule has 0 aliphatic heterocycles. The van der Waals surface area contributed by atoms with E-state index in [0.29, 0.717) is 5.56 Å². The molecule has 0 aliphatic rings. The van der Waals surface area contributed by atoms with Gasteiger partial charge >= 0.3 is 6.18 Å². The Bertz CT molecular complexity index is 942. The molecule has 0 spiro atoms. The Hall–Kier alpha value is -3.06. The van der Waals surface area contributed by atoms with E-state index in [-0.39, 0.29) is 27.7 Å². The molecule has 2 N–H and O–H groups in total. The van der Waals surface area contributed by atoms with Gasteiger partial charge in [-0.3, -0.25) is 0 Å². The topological polar surface area (TPSA) is 43.7 Å². The van der Waals surface area contributed by atoms with Crippen LogP contribution in [0, 0.1) is 0 Å². The molecule has 0 saturated heterocycles. The first-order chi connectivity index (χ1) is 13.3. The molecular weight excluding hydrogens is 387 g/mol. The van der Waals surface area contributed by atoms with E-state index in [4.69, 9.17) is 12.2 Å². The van der Waals surface area contributed by atoms with E-state index in [0.717, 1.165) is 4.90 Å². The minimum Gasteiger partial charge on any atom is -0.508 e. The molecule has 0 heterocycles. The largest absolute Gasteiger partial charge is 0.508 e. The zero-order valence-electron chi connectivity index (χ0n) is 14.5. The highest BCUT2D eigenvalue weighted by Gasteiger charge is 2.46. The third-order valence-corrected chi connectivity index (χ3v) is 4.58. The maximum Gasteiger partial charge on any atom is 0.413 e. The Morgan fingerprint density at radius 3 is 1.79 bits per heavy atom. The second kappa shape index (κ2) is 7.90. The van der Waals surface area contributed by atoms with E-state index in [1.807, 2.05) is 0 Å². The molecule has 144 valence electrons. The Morgan fingerprint density at radius 1 is 0.786 bits per heavy atom. The number of nitrogens with zero attached hydrogens (tertiary/aromatic N) is 1. The van der Waals surface area contributed by atoms with Crippen LogP contribution >= 0.6 is 12.2 Å². The number of phenols is 2. The number of benzene rings is 3. The summed E-state index contributed by atoms with van der Waals surface area (Å²) in [6.07, 6.45) is -4.62. The van der Waals surface area contributed by atoms with Gasteiger partial charge in [0, 0.05) is 11.3 Å². The minimum atomic E-state index is -4.62. The van der Waals surface area contributed by atoms with Gasteiger partial charge in [0.05, 0.1) is 0 Å². The van der Waals surface area contributed by atoms with Crippen LogP contribution in [0.1, 0.15) is 17.2 Å². The first-order valence-corrected chi connectivity index (χ1v) is 8.71. The number of thiocarbonyl (C=S) groups is 1. The van der Waals surface area contributed by atoms with E-state index >= 15 is 0 Å². The van der Waals surface area contributed by atoms with Crippen molar-refractivity contribution in [3.05, 3.63) is 90.0 Å². The normalized spacial score (nSPS) is 12.4. The molecule has 0 fully saturated rings. The molecule has 1 unspecified atom stereocenters. The van der Waals surface area contributed by atoms with Crippen LogP contribution in [0.5, 0.6) is 11.5 Å². The number of phenolic OH excluding ortho intramolecular Hbond substituents is 2. The number of hydrogen-bond donors (Lipinski definition) is 2. The monoisotopic (exact) mass is 403 g/mol. The summed E-state index contributed by atoms with van der Waals surface area (Å²) in [5, 5.41) is 19.0. The predicted octanol–water partition coefficient (Wildman–Crippen LogP) is 5.58. The molecule has 1 atom stereocenters. The van der Waals surface area contributed by atoms with Gasteiger partial charge in [0.1, 0.15) is 16.5 Å². The van der Waals surface area contributed by atoms with Gasteiger partial charge in [-0.15, -0.1) is 0 Å². The molecule has 7 heteroatoms. The van der Waals surface area contributed by atoms with Gasteiger partial charge in [-0.2, -0.15) is 13.2 Å². The average Bonchev–Trinajstić information content (AvgIpc) is 2.67. The molecule has 0 aromatic heterocycles. The minimum absolute atomic E-state index is 0.0156. The number of hydrogen-bond acceptors (Lipinski definition) is 3. The second-order valence-corrected chi connectivity index (χ2v) is 6.48. The number of aromatic hydroxyl groups is 2. The molecule has 0 radical (unpaired) electrons. The molecule has 0 bridgehead atoms. The first-order valence-electron chi connectivity index (χ1n) is 8.30. The van der Waals surface area contributed by atoms with Crippen molar-refractivity contribution in [2.45, 2.75) is 12.2 Å². The van der Waals surface area contributed by atoms with Crippen molar-refractivity contribution in [2.24, 2.45) is 0 Å². The number of alkyl halides is 3. The summed E-state index contributed by atoms with van der Waals surface area (Å²) in [6.45, 7) is 0. The van der Waals surface area contributed by atoms with Crippen molar-refractivity contribution in [3.63, 3.8) is 0 Å². The maximum absolute atomic E-state index is 14.2. The standard InChI is InChI=1S/C21H16F3NO2S/c22-21(23,24)19(14-4-2-1-3-5-14)25(16-8-12-18(27)13-9-16)20(28)15-6-10-17(26)11-7-15/h1-13,19,26-27H. The summed E-state index contributed by atoms with van der Waals surface area (Å²) in [5.74, 6) is -0.0827. The Kier molecular flexibility index (Phi) is 5.56. The van der Waals surface area contributed by atoms with E-state index in [1.165, 1.54) is 72.8 Å². The fraction of sp³-hybridized carbons (Fsp3) is 0.0952. The lowest BCUT2D eigenvalue weighted by atomic mass is 10.0. The highest BCUT2D eigenvalue weighted by Crippen LogP contribution is 2.41. The van der Waals surface area contributed by atoms with E-state index < -0.39 is 12.2 Å². The Balaban J connectivity index is 2.17.